The minimum absolute atomic E-state index is 0.431. The fourth-order valence-corrected chi connectivity index (χ4v) is 1.66. The third-order valence-corrected chi connectivity index (χ3v) is 2.54. The molecule has 13 heavy (non-hydrogen) atoms. The van der Waals surface area contributed by atoms with Gasteiger partial charge in [-0.25, -0.2) is 0 Å². The molecule has 1 aliphatic rings. The minimum Gasteiger partial charge on any atom is -0.468 e. The van der Waals surface area contributed by atoms with E-state index < -0.39 is 0 Å². The molecule has 0 spiro atoms. The molecule has 0 aromatic carbocycles. The maximum atomic E-state index is 9.18. The molecule has 0 aromatic rings. The lowest BCUT2D eigenvalue weighted by molar-refractivity contribution is -0.128. The first-order valence-corrected chi connectivity index (χ1v) is 5.40. The van der Waals surface area contributed by atoms with Gasteiger partial charge in [0, 0.05) is 0 Å². The third-order valence-electron chi connectivity index (χ3n) is 2.54. The van der Waals surface area contributed by atoms with E-state index in [4.69, 9.17) is 0 Å². The molecule has 0 atom stereocenters. The van der Waals surface area contributed by atoms with Gasteiger partial charge in [-0.05, 0) is 12.8 Å². The quantitative estimate of drug-likeness (QED) is 0.633. The van der Waals surface area contributed by atoms with Gasteiger partial charge in [0.25, 0.3) is 6.47 Å². The Bertz CT molecular complexity index is 107. The summed E-state index contributed by atoms with van der Waals surface area (Å²) >= 11 is 0. The lowest BCUT2D eigenvalue weighted by Gasteiger charge is -2.18. The summed E-state index contributed by atoms with van der Waals surface area (Å²) in [7, 11) is 0. The van der Waals surface area contributed by atoms with Crippen molar-refractivity contribution in [2.24, 2.45) is 5.92 Å². The topological polar surface area (TPSA) is 26.3 Å². The second-order valence-corrected chi connectivity index (χ2v) is 3.46. The van der Waals surface area contributed by atoms with Crippen LogP contribution in [0.15, 0.2) is 0 Å². The van der Waals surface area contributed by atoms with Crippen molar-refractivity contribution in [3.8, 4) is 0 Å². The van der Waals surface area contributed by atoms with Gasteiger partial charge in [0.1, 0.15) is 0 Å². The smallest absolute Gasteiger partial charge is 0.293 e. The summed E-state index contributed by atoms with van der Waals surface area (Å²) in [5.41, 5.74) is 0. The second-order valence-electron chi connectivity index (χ2n) is 3.46. The third kappa shape index (κ3) is 7.82. The van der Waals surface area contributed by atoms with E-state index in [1.807, 2.05) is 0 Å². The first kappa shape index (κ1) is 12.5. The average Bonchev–Trinajstić information content (AvgIpc) is 2.21. The highest BCUT2D eigenvalue weighted by molar-refractivity contribution is 5.36. The maximum absolute atomic E-state index is 9.18. The van der Waals surface area contributed by atoms with E-state index in [0.29, 0.717) is 13.1 Å². The van der Waals surface area contributed by atoms with E-state index in [2.05, 4.69) is 11.7 Å². The summed E-state index contributed by atoms with van der Waals surface area (Å²) in [5, 5.41) is 0. The molecule has 1 saturated carbocycles. The van der Waals surface area contributed by atoms with Crippen LogP contribution in [0.25, 0.3) is 0 Å². The van der Waals surface area contributed by atoms with Crippen LogP contribution < -0.4 is 0 Å². The van der Waals surface area contributed by atoms with Gasteiger partial charge in [-0.1, -0.05) is 45.4 Å². The van der Waals surface area contributed by atoms with Crippen molar-refractivity contribution < 1.29 is 9.53 Å². The standard InChI is InChI=1S/C8H16.C3H6O2/c1-2-8-6-4-3-5-7-8;1-2-5-3-4/h8H,2-7H2,1H3;3H,2H2,1H3. The number of ether oxygens (including phenoxy) is 1. The van der Waals surface area contributed by atoms with Crippen molar-refractivity contribution >= 4 is 6.47 Å². The van der Waals surface area contributed by atoms with Crippen LogP contribution in [0.3, 0.4) is 0 Å². The molecular formula is C11H22O2. The molecule has 1 aliphatic carbocycles. The SMILES string of the molecule is CCC1CCCCC1.CCOC=O. The van der Waals surface area contributed by atoms with Crippen molar-refractivity contribution in [3.63, 3.8) is 0 Å². The largest absolute Gasteiger partial charge is 0.468 e. The minimum atomic E-state index is 0.431. The van der Waals surface area contributed by atoms with Crippen LogP contribution in [0.2, 0.25) is 0 Å². The number of carbonyl (C=O) groups excluding carboxylic acids is 1. The number of carbonyl (C=O) groups is 1. The van der Waals surface area contributed by atoms with E-state index in [0.717, 1.165) is 5.92 Å². The van der Waals surface area contributed by atoms with Crippen molar-refractivity contribution in [2.45, 2.75) is 52.4 Å². The fourth-order valence-electron chi connectivity index (χ4n) is 1.66. The van der Waals surface area contributed by atoms with Gasteiger partial charge >= 0.3 is 0 Å². The molecule has 2 heteroatoms. The lowest BCUT2D eigenvalue weighted by Crippen LogP contribution is -2.03. The molecule has 0 saturated heterocycles. The van der Waals surface area contributed by atoms with Gasteiger partial charge < -0.3 is 4.74 Å². The molecule has 0 N–H and O–H groups in total. The van der Waals surface area contributed by atoms with Gasteiger partial charge in [0.2, 0.25) is 0 Å². The van der Waals surface area contributed by atoms with Crippen LogP contribution in [-0.2, 0) is 9.53 Å². The Morgan fingerprint density at radius 2 is 1.85 bits per heavy atom. The van der Waals surface area contributed by atoms with Crippen molar-refractivity contribution in [1.82, 2.24) is 0 Å². The molecule has 0 aromatic heterocycles. The summed E-state index contributed by atoms with van der Waals surface area (Å²) < 4.78 is 4.15. The zero-order valence-corrected chi connectivity index (χ0v) is 8.92. The molecule has 0 heterocycles. The predicted molar refractivity (Wildman–Crippen MR) is 54.6 cm³/mol. The first-order valence-electron chi connectivity index (χ1n) is 5.40. The van der Waals surface area contributed by atoms with Crippen LogP contribution >= 0.6 is 0 Å². The Morgan fingerprint density at radius 3 is 2.08 bits per heavy atom. The second kappa shape index (κ2) is 9.56. The van der Waals surface area contributed by atoms with E-state index in [1.165, 1.54) is 38.5 Å². The monoisotopic (exact) mass is 186 g/mol. The Labute approximate surface area is 81.7 Å². The first-order chi connectivity index (χ1) is 6.35. The highest BCUT2D eigenvalue weighted by Gasteiger charge is 2.09. The average molecular weight is 186 g/mol. The zero-order chi connectivity index (χ0) is 9.94. The summed E-state index contributed by atoms with van der Waals surface area (Å²) in [6, 6.07) is 0. The summed E-state index contributed by atoms with van der Waals surface area (Å²) in [6.07, 6.45) is 8.93. The summed E-state index contributed by atoms with van der Waals surface area (Å²) in [5.74, 6) is 1.09. The van der Waals surface area contributed by atoms with Crippen molar-refractivity contribution in [3.05, 3.63) is 0 Å². The van der Waals surface area contributed by atoms with Crippen molar-refractivity contribution in [2.75, 3.05) is 6.61 Å². The van der Waals surface area contributed by atoms with Gasteiger partial charge in [0.05, 0.1) is 6.61 Å². The number of hydrogen-bond acceptors (Lipinski definition) is 2. The van der Waals surface area contributed by atoms with Gasteiger partial charge in [0.15, 0.2) is 0 Å². The Hall–Kier alpha value is -0.530. The lowest BCUT2D eigenvalue weighted by atomic mass is 9.88. The Balaban J connectivity index is 0.000000252. The van der Waals surface area contributed by atoms with Crippen LogP contribution in [0, 0.1) is 5.92 Å². The Kier molecular flexibility index (Phi) is 9.17. The highest BCUT2D eigenvalue weighted by Crippen LogP contribution is 2.25. The molecule has 1 rings (SSSR count). The van der Waals surface area contributed by atoms with E-state index >= 15 is 0 Å². The molecule has 78 valence electrons. The Morgan fingerprint density at radius 1 is 1.23 bits per heavy atom. The predicted octanol–water partition coefficient (Wildman–Crippen LogP) is 3.16. The van der Waals surface area contributed by atoms with Crippen molar-refractivity contribution in [1.29, 1.82) is 0 Å². The van der Waals surface area contributed by atoms with Gasteiger partial charge in [-0.15, -0.1) is 0 Å². The van der Waals surface area contributed by atoms with Crippen LogP contribution in [0.5, 0.6) is 0 Å². The molecule has 0 unspecified atom stereocenters. The maximum Gasteiger partial charge on any atom is 0.293 e. The van der Waals surface area contributed by atoms with Gasteiger partial charge in [-0.3, -0.25) is 4.79 Å². The highest BCUT2D eigenvalue weighted by atomic mass is 16.5. The fraction of sp³-hybridized carbons (Fsp3) is 0.909. The van der Waals surface area contributed by atoms with Crippen LogP contribution in [0.4, 0.5) is 0 Å². The summed E-state index contributed by atoms with van der Waals surface area (Å²) in [4.78, 5) is 9.18. The van der Waals surface area contributed by atoms with E-state index in [-0.39, 0.29) is 0 Å². The zero-order valence-electron chi connectivity index (χ0n) is 8.92. The van der Waals surface area contributed by atoms with Crippen LogP contribution in [0.1, 0.15) is 52.4 Å². The molecular weight excluding hydrogens is 164 g/mol. The number of rotatable bonds is 3. The molecule has 0 amide bonds. The molecule has 2 nitrogen and oxygen atoms in total. The van der Waals surface area contributed by atoms with E-state index in [9.17, 15) is 4.79 Å². The van der Waals surface area contributed by atoms with E-state index in [1.54, 1.807) is 6.92 Å². The number of hydrogen-bond donors (Lipinski definition) is 0. The van der Waals surface area contributed by atoms with Crippen LogP contribution in [-0.4, -0.2) is 13.1 Å². The molecule has 0 radical (unpaired) electrons. The normalized spacial score (nSPS) is 17.1. The molecule has 0 bridgehead atoms. The molecule has 1 fully saturated rings. The summed E-state index contributed by atoms with van der Waals surface area (Å²) in [6.45, 7) is 4.98. The van der Waals surface area contributed by atoms with Gasteiger partial charge in [-0.2, -0.15) is 0 Å². The molecule has 0 aliphatic heterocycles.